The van der Waals surface area contributed by atoms with Gasteiger partial charge in [-0.05, 0) is 36.5 Å². The van der Waals surface area contributed by atoms with Gasteiger partial charge in [0.2, 0.25) is 0 Å². The maximum absolute atomic E-state index is 11.9. The molecule has 3 rings (SSSR count). The van der Waals surface area contributed by atoms with Crippen molar-refractivity contribution >= 4 is 5.91 Å². The molecule has 5 nitrogen and oxygen atoms in total. The van der Waals surface area contributed by atoms with Crippen LogP contribution in [0.15, 0.2) is 24.3 Å². The van der Waals surface area contributed by atoms with Crippen LogP contribution in [0.3, 0.4) is 0 Å². The number of carbonyl (C=O) groups is 1. The number of nitrogens with one attached hydrogen (secondary N) is 2. The van der Waals surface area contributed by atoms with Crippen LogP contribution in [0.2, 0.25) is 0 Å². The molecule has 126 valence electrons. The molecule has 1 aromatic carbocycles. The molecule has 1 aromatic rings. The second-order valence-electron chi connectivity index (χ2n) is 6.48. The fourth-order valence-electron chi connectivity index (χ4n) is 3.59. The van der Waals surface area contributed by atoms with Crippen LogP contribution in [-0.2, 0) is 4.74 Å². The maximum Gasteiger partial charge on any atom is 0.251 e. The first-order valence-electron chi connectivity index (χ1n) is 8.62. The third kappa shape index (κ3) is 4.10. The van der Waals surface area contributed by atoms with Gasteiger partial charge < -0.3 is 15.4 Å². The fourth-order valence-corrected chi connectivity index (χ4v) is 3.59. The Hall–Kier alpha value is -1.43. The zero-order valence-electron chi connectivity index (χ0n) is 13.9. The van der Waals surface area contributed by atoms with E-state index >= 15 is 0 Å². The minimum Gasteiger partial charge on any atom is -0.381 e. The van der Waals surface area contributed by atoms with Crippen molar-refractivity contribution in [2.75, 3.05) is 46.4 Å². The van der Waals surface area contributed by atoms with E-state index in [0.717, 1.165) is 63.7 Å². The second kappa shape index (κ2) is 7.90. The van der Waals surface area contributed by atoms with Gasteiger partial charge in [-0.15, -0.1) is 0 Å². The normalized spacial score (nSPS) is 23.6. The van der Waals surface area contributed by atoms with Gasteiger partial charge in [-0.25, -0.2) is 0 Å². The topological polar surface area (TPSA) is 53.6 Å². The second-order valence-corrected chi connectivity index (χ2v) is 6.48. The Morgan fingerprint density at radius 1 is 1.39 bits per heavy atom. The van der Waals surface area contributed by atoms with Crippen molar-refractivity contribution in [1.82, 2.24) is 15.5 Å². The number of amides is 1. The number of hydrogen-bond acceptors (Lipinski definition) is 4. The van der Waals surface area contributed by atoms with Crippen molar-refractivity contribution in [3.63, 3.8) is 0 Å². The molecule has 0 unspecified atom stereocenters. The predicted molar refractivity (Wildman–Crippen MR) is 90.6 cm³/mol. The summed E-state index contributed by atoms with van der Waals surface area (Å²) in [6.07, 6.45) is 2.32. The molecule has 2 aliphatic rings. The van der Waals surface area contributed by atoms with Crippen molar-refractivity contribution in [3.05, 3.63) is 35.4 Å². The Balaban J connectivity index is 1.73. The summed E-state index contributed by atoms with van der Waals surface area (Å²) < 4.78 is 5.48. The van der Waals surface area contributed by atoms with E-state index in [1.807, 2.05) is 18.2 Å². The highest BCUT2D eigenvalue weighted by Gasteiger charge is 2.27. The summed E-state index contributed by atoms with van der Waals surface area (Å²) in [5, 5.41) is 6.20. The van der Waals surface area contributed by atoms with Crippen LogP contribution in [0.1, 0.15) is 34.8 Å². The molecular formula is C18H27N3O2. The average molecular weight is 317 g/mol. The molecule has 2 saturated heterocycles. The molecule has 2 N–H and O–H groups in total. The zero-order chi connectivity index (χ0) is 16.1. The quantitative estimate of drug-likeness (QED) is 0.882. The Kier molecular flexibility index (Phi) is 5.65. The molecule has 0 radical (unpaired) electrons. The molecule has 2 fully saturated rings. The molecule has 2 aliphatic heterocycles. The van der Waals surface area contributed by atoms with Crippen LogP contribution < -0.4 is 10.6 Å². The summed E-state index contributed by atoms with van der Waals surface area (Å²) in [6, 6.07) is 8.38. The van der Waals surface area contributed by atoms with Gasteiger partial charge in [0.1, 0.15) is 0 Å². The highest BCUT2D eigenvalue weighted by atomic mass is 16.5. The van der Waals surface area contributed by atoms with Crippen LogP contribution in [0.5, 0.6) is 0 Å². The van der Waals surface area contributed by atoms with E-state index in [2.05, 4.69) is 21.6 Å². The van der Waals surface area contributed by atoms with E-state index < -0.39 is 0 Å². The molecular weight excluding hydrogens is 290 g/mol. The first-order chi connectivity index (χ1) is 11.3. The van der Waals surface area contributed by atoms with Gasteiger partial charge in [0.25, 0.3) is 5.91 Å². The summed E-state index contributed by atoms with van der Waals surface area (Å²) in [4.78, 5) is 14.5. The van der Waals surface area contributed by atoms with Crippen LogP contribution in [0, 0.1) is 5.92 Å². The zero-order valence-corrected chi connectivity index (χ0v) is 13.9. The van der Waals surface area contributed by atoms with Gasteiger partial charge in [0.15, 0.2) is 0 Å². The monoisotopic (exact) mass is 317 g/mol. The lowest BCUT2D eigenvalue weighted by atomic mass is 9.95. The minimum absolute atomic E-state index is 0.0217. The number of nitrogens with zero attached hydrogens (tertiary/aromatic N) is 1. The van der Waals surface area contributed by atoms with Crippen molar-refractivity contribution in [2.24, 2.45) is 5.92 Å². The molecule has 1 amide bonds. The number of rotatable bonds is 4. The highest BCUT2D eigenvalue weighted by Crippen LogP contribution is 2.26. The molecule has 0 spiro atoms. The maximum atomic E-state index is 11.9. The van der Waals surface area contributed by atoms with E-state index in [9.17, 15) is 4.79 Å². The van der Waals surface area contributed by atoms with Gasteiger partial charge in [-0.2, -0.15) is 0 Å². The number of carbonyl (C=O) groups excluding carboxylic acids is 1. The SMILES string of the molecule is CNC(=O)c1cccc([C@H]2CNCCN2CC2CCOCC2)c1. The van der Waals surface area contributed by atoms with E-state index in [1.165, 1.54) is 5.56 Å². The first-order valence-corrected chi connectivity index (χ1v) is 8.62. The lowest BCUT2D eigenvalue weighted by Crippen LogP contribution is -2.48. The first kappa shape index (κ1) is 16.4. The van der Waals surface area contributed by atoms with Crippen LogP contribution in [0.25, 0.3) is 0 Å². The predicted octanol–water partition coefficient (Wildman–Crippen LogP) is 1.42. The Labute approximate surface area is 138 Å². The van der Waals surface area contributed by atoms with Crippen molar-refractivity contribution < 1.29 is 9.53 Å². The molecule has 2 heterocycles. The van der Waals surface area contributed by atoms with Crippen molar-refractivity contribution in [1.29, 1.82) is 0 Å². The van der Waals surface area contributed by atoms with Gasteiger partial charge in [0.05, 0.1) is 0 Å². The standard InChI is InChI=1S/C18H27N3O2/c1-19-18(22)16-4-2-3-15(11-16)17-12-20-7-8-21(17)13-14-5-9-23-10-6-14/h2-4,11,14,17,20H,5-10,12-13H2,1H3,(H,19,22)/t17-/m1/s1. The van der Waals surface area contributed by atoms with Gasteiger partial charge >= 0.3 is 0 Å². The number of ether oxygens (including phenoxy) is 1. The van der Waals surface area contributed by atoms with E-state index in [4.69, 9.17) is 4.74 Å². The summed E-state index contributed by atoms with van der Waals surface area (Å²) in [6.45, 7) is 5.96. The molecule has 0 bridgehead atoms. The van der Waals surface area contributed by atoms with E-state index in [0.29, 0.717) is 6.04 Å². The average Bonchev–Trinajstić information content (AvgIpc) is 2.62. The lowest BCUT2D eigenvalue weighted by molar-refractivity contribution is 0.0408. The Bertz CT molecular complexity index is 529. The van der Waals surface area contributed by atoms with E-state index in [-0.39, 0.29) is 5.91 Å². The highest BCUT2D eigenvalue weighted by molar-refractivity contribution is 5.94. The van der Waals surface area contributed by atoms with Crippen molar-refractivity contribution in [3.8, 4) is 0 Å². The largest absolute Gasteiger partial charge is 0.381 e. The van der Waals surface area contributed by atoms with Crippen molar-refractivity contribution in [2.45, 2.75) is 18.9 Å². The number of benzene rings is 1. The fraction of sp³-hybridized carbons (Fsp3) is 0.611. The lowest BCUT2D eigenvalue weighted by Gasteiger charge is -2.39. The third-order valence-corrected chi connectivity index (χ3v) is 4.95. The molecule has 1 atom stereocenters. The Morgan fingerprint density at radius 2 is 2.22 bits per heavy atom. The molecule has 0 aliphatic carbocycles. The van der Waals surface area contributed by atoms with Crippen LogP contribution in [0.4, 0.5) is 0 Å². The number of piperazine rings is 1. The van der Waals surface area contributed by atoms with Crippen LogP contribution in [-0.4, -0.2) is 57.2 Å². The third-order valence-electron chi connectivity index (χ3n) is 4.95. The molecule has 23 heavy (non-hydrogen) atoms. The van der Waals surface area contributed by atoms with Crippen LogP contribution >= 0.6 is 0 Å². The summed E-state index contributed by atoms with van der Waals surface area (Å²) >= 11 is 0. The van der Waals surface area contributed by atoms with Gasteiger partial charge in [-0.1, -0.05) is 12.1 Å². The Morgan fingerprint density at radius 3 is 3.00 bits per heavy atom. The number of hydrogen-bond donors (Lipinski definition) is 2. The summed E-state index contributed by atoms with van der Waals surface area (Å²) in [7, 11) is 1.68. The molecule has 0 aromatic heterocycles. The summed E-state index contributed by atoms with van der Waals surface area (Å²) in [5.74, 6) is 0.707. The minimum atomic E-state index is -0.0217. The van der Waals surface area contributed by atoms with Gasteiger partial charge in [0, 0.05) is 58.0 Å². The smallest absolute Gasteiger partial charge is 0.251 e. The molecule has 0 saturated carbocycles. The summed E-state index contributed by atoms with van der Waals surface area (Å²) in [5.41, 5.74) is 1.96. The van der Waals surface area contributed by atoms with Gasteiger partial charge in [-0.3, -0.25) is 9.69 Å². The van der Waals surface area contributed by atoms with E-state index in [1.54, 1.807) is 7.05 Å². The molecule has 5 heteroatoms.